The number of rotatable bonds is 3. The summed E-state index contributed by atoms with van der Waals surface area (Å²) in [6, 6.07) is 2.37. The van der Waals surface area contributed by atoms with E-state index >= 15 is 0 Å². The fourth-order valence-electron chi connectivity index (χ4n) is 4.14. The summed E-state index contributed by atoms with van der Waals surface area (Å²) in [5.74, 6) is 1.60. The second-order valence-corrected chi connectivity index (χ2v) is 9.53. The van der Waals surface area contributed by atoms with Gasteiger partial charge in [0.2, 0.25) is 10.0 Å². The average molecular weight is 378 g/mol. The Hall–Kier alpha value is -1.57. The van der Waals surface area contributed by atoms with Crippen molar-refractivity contribution in [2.75, 3.05) is 39.5 Å². The van der Waals surface area contributed by atoms with Gasteiger partial charge in [-0.3, -0.25) is 0 Å². The van der Waals surface area contributed by atoms with Gasteiger partial charge in [-0.1, -0.05) is 6.08 Å². The Morgan fingerprint density at radius 3 is 2.69 bits per heavy atom. The van der Waals surface area contributed by atoms with Gasteiger partial charge in [0.25, 0.3) is 0 Å². The van der Waals surface area contributed by atoms with E-state index in [9.17, 15) is 8.42 Å². The molecule has 0 aromatic carbocycles. The van der Waals surface area contributed by atoms with Gasteiger partial charge in [0.1, 0.15) is 11.2 Å². The first-order valence-corrected chi connectivity index (χ1v) is 11.2. The van der Waals surface area contributed by atoms with Crippen LogP contribution in [0.25, 0.3) is 12.3 Å². The van der Waals surface area contributed by atoms with E-state index in [2.05, 4.69) is 41.7 Å². The Kier molecular flexibility index (Phi) is 4.71. The van der Waals surface area contributed by atoms with Crippen LogP contribution in [0.15, 0.2) is 22.1 Å². The van der Waals surface area contributed by atoms with Crippen LogP contribution in [0.1, 0.15) is 30.9 Å². The number of furan rings is 1. The molecule has 26 heavy (non-hydrogen) atoms. The molecule has 6 nitrogen and oxygen atoms in total. The summed E-state index contributed by atoms with van der Waals surface area (Å²) in [5.41, 5.74) is 2.21. The third kappa shape index (κ3) is 3.48. The quantitative estimate of drug-likeness (QED) is 0.761. The summed E-state index contributed by atoms with van der Waals surface area (Å²) < 4.78 is 31.1. The molecule has 1 aromatic rings. The standard InChI is InChI=1S/C19H27N3O3S/c1-21-13-19-16(12-18(25-19)15-3-7-20-8-4-15)11-17(21)14-5-9-22(10-6-14)26(2,23)24/h5,11-13,15,17,20H,3-4,6-10H2,1-2H3. The van der Waals surface area contributed by atoms with Crippen LogP contribution in [-0.2, 0) is 10.0 Å². The van der Waals surface area contributed by atoms with E-state index in [1.165, 1.54) is 16.1 Å². The van der Waals surface area contributed by atoms with Gasteiger partial charge in [0, 0.05) is 37.5 Å². The highest BCUT2D eigenvalue weighted by Gasteiger charge is 2.26. The van der Waals surface area contributed by atoms with Crippen LogP contribution in [0.5, 0.6) is 0 Å². The third-order valence-electron chi connectivity index (χ3n) is 5.70. The van der Waals surface area contributed by atoms with E-state index in [0.29, 0.717) is 19.0 Å². The highest BCUT2D eigenvalue weighted by Crippen LogP contribution is 2.25. The molecule has 1 aromatic heterocycles. The van der Waals surface area contributed by atoms with Crippen molar-refractivity contribution in [2.24, 2.45) is 0 Å². The van der Waals surface area contributed by atoms with E-state index in [0.717, 1.165) is 48.7 Å². The SMILES string of the molecule is CN1C=c2oc(C3CCNCC3)cc2=CC1C1=CCN(S(C)(=O)=O)CC1. The second kappa shape index (κ2) is 6.87. The van der Waals surface area contributed by atoms with E-state index in [4.69, 9.17) is 4.42 Å². The fraction of sp³-hybridized carbons (Fsp3) is 0.579. The first kappa shape index (κ1) is 17.8. The lowest BCUT2D eigenvalue weighted by Crippen LogP contribution is -2.41. The van der Waals surface area contributed by atoms with Crippen molar-refractivity contribution in [3.05, 3.63) is 34.1 Å². The van der Waals surface area contributed by atoms with Crippen LogP contribution in [0.4, 0.5) is 0 Å². The van der Waals surface area contributed by atoms with Crippen LogP contribution in [0, 0.1) is 0 Å². The maximum absolute atomic E-state index is 11.7. The number of hydrogen-bond acceptors (Lipinski definition) is 5. The minimum absolute atomic E-state index is 0.169. The average Bonchev–Trinajstić information content (AvgIpc) is 3.04. The summed E-state index contributed by atoms with van der Waals surface area (Å²) >= 11 is 0. The molecule has 0 amide bonds. The zero-order chi connectivity index (χ0) is 18.3. The number of likely N-dealkylation sites (N-methyl/N-ethyl adjacent to an activating group) is 1. The molecule has 0 bridgehead atoms. The molecule has 7 heteroatoms. The molecular weight excluding hydrogens is 350 g/mol. The second-order valence-electron chi connectivity index (χ2n) is 7.55. The van der Waals surface area contributed by atoms with Crippen molar-refractivity contribution in [2.45, 2.75) is 31.2 Å². The Morgan fingerprint density at radius 1 is 1.27 bits per heavy atom. The number of piperidine rings is 1. The van der Waals surface area contributed by atoms with E-state index in [-0.39, 0.29) is 6.04 Å². The zero-order valence-corrected chi connectivity index (χ0v) is 16.3. The molecule has 142 valence electrons. The number of fused-ring (bicyclic) bond motifs is 1. The van der Waals surface area contributed by atoms with Gasteiger partial charge in [-0.2, -0.15) is 4.31 Å². The highest BCUT2D eigenvalue weighted by atomic mass is 32.2. The molecule has 0 aliphatic carbocycles. The molecule has 3 aliphatic heterocycles. The van der Waals surface area contributed by atoms with E-state index in [1.54, 1.807) is 0 Å². The Bertz CT molecular complexity index is 926. The summed E-state index contributed by atoms with van der Waals surface area (Å²) in [5, 5.41) is 4.56. The van der Waals surface area contributed by atoms with Crippen molar-refractivity contribution in [1.29, 1.82) is 0 Å². The normalized spacial score (nSPS) is 25.2. The molecule has 0 radical (unpaired) electrons. The highest BCUT2D eigenvalue weighted by molar-refractivity contribution is 7.88. The summed E-state index contributed by atoms with van der Waals surface area (Å²) in [6.07, 6.45) is 10.7. The van der Waals surface area contributed by atoms with Gasteiger partial charge >= 0.3 is 0 Å². The molecule has 1 saturated heterocycles. The Labute approximate surface area is 154 Å². The van der Waals surface area contributed by atoms with Crippen molar-refractivity contribution < 1.29 is 12.8 Å². The van der Waals surface area contributed by atoms with Gasteiger partial charge in [-0.15, -0.1) is 0 Å². The molecule has 4 heterocycles. The molecule has 4 rings (SSSR count). The molecule has 3 aliphatic rings. The van der Waals surface area contributed by atoms with Crippen LogP contribution in [-0.4, -0.2) is 63.1 Å². The van der Waals surface area contributed by atoms with Gasteiger partial charge < -0.3 is 14.6 Å². The summed E-state index contributed by atoms with van der Waals surface area (Å²) in [6.45, 7) is 3.12. The minimum Gasteiger partial charge on any atom is -0.459 e. The molecule has 1 atom stereocenters. The minimum atomic E-state index is -3.11. The largest absolute Gasteiger partial charge is 0.459 e. The molecule has 1 fully saturated rings. The van der Waals surface area contributed by atoms with Crippen molar-refractivity contribution in [1.82, 2.24) is 14.5 Å². The summed E-state index contributed by atoms with van der Waals surface area (Å²) in [4.78, 5) is 2.17. The predicted octanol–water partition coefficient (Wildman–Crippen LogP) is 0.171. The molecule has 0 saturated carbocycles. The monoisotopic (exact) mass is 377 g/mol. The van der Waals surface area contributed by atoms with Crippen molar-refractivity contribution >= 4 is 22.3 Å². The van der Waals surface area contributed by atoms with Crippen molar-refractivity contribution in [3.8, 4) is 0 Å². The van der Waals surface area contributed by atoms with E-state index in [1.807, 2.05) is 0 Å². The molecule has 1 N–H and O–H groups in total. The molecular formula is C19H27N3O3S. The molecule has 1 unspecified atom stereocenters. The van der Waals surface area contributed by atoms with Crippen LogP contribution >= 0.6 is 0 Å². The topological polar surface area (TPSA) is 65.8 Å². The summed E-state index contributed by atoms with van der Waals surface area (Å²) in [7, 11) is -1.06. The first-order chi connectivity index (χ1) is 12.4. The van der Waals surface area contributed by atoms with Gasteiger partial charge in [-0.05, 0) is 50.1 Å². The first-order valence-electron chi connectivity index (χ1n) is 9.32. The van der Waals surface area contributed by atoms with Crippen LogP contribution in [0.2, 0.25) is 0 Å². The maximum atomic E-state index is 11.7. The number of nitrogens with zero attached hydrogens (tertiary/aromatic N) is 2. The third-order valence-corrected chi connectivity index (χ3v) is 6.97. The van der Waals surface area contributed by atoms with E-state index < -0.39 is 10.0 Å². The van der Waals surface area contributed by atoms with Crippen LogP contribution < -0.4 is 16.0 Å². The molecule has 0 spiro atoms. The zero-order valence-electron chi connectivity index (χ0n) is 15.4. The van der Waals surface area contributed by atoms with Gasteiger partial charge in [0.15, 0.2) is 0 Å². The Morgan fingerprint density at radius 2 is 2.04 bits per heavy atom. The van der Waals surface area contributed by atoms with Gasteiger partial charge in [-0.25, -0.2) is 8.42 Å². The predicted molar refractivity (Wildman–Crippen MR) is 102 cm³/mol. The van der Waals surface area contributed by atoms with Crippen LogP contribution in [0.3, 0.4) is 0 Å². The van der Waals surface area contributed by atoms with Gasteiger partial charge in [0.05, 0.1) is 12.3 Å². The lowest BCUT2D eigenvalue weighted by molar-refractivity contribution is 0.366. The number of hydrogen-bond donors (Lipinski definition) is 1. The lowest BCUT2D eigenvalue weighted by atomic mass is 9.95. The Balaban J connectivity index is 1.59. The number of sulfonamides is 1. The number of nitrogens with one attached hydrogen (secondary N) is 1. The maximum Gasteiger partial charge on any atom is 0.211 e. The fourth-order valence-corrected chi connectivity index (χ4v) is 4.90. The smallest absolute Gasteiger partial charge is 0.211 e. The van der Waals surface area contributed by atoms with Crippen molar-refractivity contribution in [3.63, 3.8) is 0 Å². The lowest BCUT2D eigenvalue weighted by Gasteiger charge is -2.32.